The van der Waals surface area contributed by atoms with E-state index >= 15 is 0 Å². The molecule has 12 heavy (non-hydrogen) atoms. The van der Waals surface area contributed by atoms with Gasteiger partial charge in [0.05, 0.1) is 0 Å². The summed E-state index contributed by atoms with van der Waals surface area (Å²) in [5.74, 6) is 0. The Kier molecular flexibility index (Phi) is 1.65. The van der Waals surface area contributed by atoms with E-state index in [4.69, 9.17) is 5.73 Å². The Bertz CT molecular complexity index is 290. The van der Waals surface area contributed by atoms with Crippen molar-refractivity contribution in [3.8, 4) is 0 Å². The van der Waals surface area contributed by atoms with Gasteiger partial charge in [-0.1, -0.05) is 6.07 Å². The first kappa shape index (κ1) is 7.74. The quantitative estimate of drug-likeness (QED) is 0.713. The van der Waals surface area contributed by atoms with E-state index in [1.54, 1.807) is 0 Å². The monoisotopic (exact) mass is 162 g/mol. The van der Waals surface area contributed by atoms with E-state index in [0.717, 1.165) is 12.2 Å². The molecule has 64 valence electrons. The molecule has 1 aliphatic carbocycles. The maximum Gasteiger partial charge on any atom is 0.0410 e. The van der Waals surface area contributed by atoms with E-state index in [9.17, 15) is 0 Å². The molecule has 0 radical (unpaired) electrons. The second-order valence-electron chi connectivity index (χ2n) is 3.62. The van der Waals surface area contributed by atoms with Crippen molar-refractivity contribution in [1.82, 2.24) is 4.98 Å². The topological polar surface area (TPSA) is 38.9 Å². The summed E-state index contributed by atoms with van der Waals surface area (Å²) < 4.78 is 0. The Balaban J connectivity index is 2.40. The average molecular weight is 162 g/mol. The molecule has 0 bridgehead atoms. The summed E-state index contributed by atoms with van der Waals surface area (Å²) in [4.78, 5) is 4.28. The van der Waals surface area contributed by atoms with Gasteiger partial charge in [0.1, 0.15) is 0 Å². The zero-order valence-corrected chi connectivity index (χ0v) is 7.38. The first-order chi connectivity index (χ1) is 5.78. The zero-order valence-electron chi connectivity index (χ0n) is 7.38. The molecule has 0 atom stereocenters. The molecule has 1 aromatic rings. The fraction of sp³-hybridized carbons (Fsp3) is 0.500. The molecule has 1 fully saturated rings. The third-order valence-electron chi connectivity index (χ3n) is 2.82. The van der Waals surface area contributed by atoms with Gasteiger partial charge in [-0.25, -0.2) is 0 Å². The predicted molar refractivity (Wildman–Crippen MR) is 48.9 cm³/mol. The number of aromatic nitrogens is 1. The highest BCUT2D eigenvalue weighted by molar-refractivity contribution is 5.34. The lowest BCUT2D eigenvalue weighted by Crippen LogP contribution is -2.21. The minimum absolute atomic E-state index is 0.290. The molecular formula is C10H14N2. The van der Waals surface area contributed by atoms with Gasteiger partial charge in [-0.3, -0.25) is 4.98 Å². The molecule has 2 heteroatoms. The second kappa shape index (κ2) is 2.56. The van der Waals surface area contributed by atoms with E-state index in [1.165, 1.54) is 18.4 Å². The molecule has 0 saturated heterocycles. The standard InChI is InChI=1S/C10H14N2/c1-8-9(3-2-6-12-8)10(7-11)4-5-10/h2-3,6H,4-5,7,11H2,1H3. The highest BCUT2D eigenvalue weighted by Crippen LogP contribution is 2.47. The van der Waals surface area contributed by atoms with Crippen molar-refractivity contribution >= 4 is 0 Å². The van der Waals surface area contributed by atoms with Crippen LogP contribution in [-0.2, 0) is 5.41 Å². The fourth-order valence-corrected chi connectivity index (χ4v) is 1.78. The van der Waals surface area contributed by atoms with Crippen LogP contribution in [0.2, 0.25) is 0 Å². The maximum absolute atomic E-state index is 5.74. The molecule has 0 spiro atoms. The fourth-order valence-electron chi connectivity index (χ4n) is 1.78. The van der Waals surface area contributed by atoms with Gasteiger partial charge < -0.3 is 5.73 Å². The Morgan fingerprint density at radius 3 is 2.83 bits per heavy atom. The SMILES string of the molecule is Cc1ncccc1C1(CN)CC1. The van der Waals surface area contributed by atoms with Gasteiger partial charge >= 0.3 is 0 Å². The van der Waals surface area contributed by atoms with Crippen molar-refractivity contribution in [1.29, 1.82) is 0 Å². The summed E-state index contributed by atoms with van der Waals surface area (Å²) in [5, 5.41) is 0. The van der Waals surface area contributed by atoms with Gasteiger partial charge in [-0.15, -0.1) is 0 Å². The highest BCUT2D eigenvalue weighted by Gasteiger charge is 2.43. The lowest BCUT2D eigenvalue weighted by atomic mass is 9.95. The smallest absolute Gasteiger partial charge is 0.0410 e. The summed E-state index contributed by atoms with van der Waals surface area (Å²) in [6, 6.07) is 4.15. The molecule has 0 aliphatic heterocycles. The summed E-state index contributed by atoms with van der Waals surface area (Å²) in [7, 11) is 0. The molecule has 2 nitrogen and oxygen atoms in total. The molecule has 2 N–H and O–H groups in total. The Hall–Kier alpha value is -0.890. The van der Waals surface area contributed by atoms with Crippen LogP contribution in [0.5, 0.6) is 0 Å². The van der Waals surface area contributed by atoms with Crippen molar-refractivity contribution < 1.29 is 0 Å². The van der Waals surface area contributed by atoms with Crippen LogP contribution in [0.1, 0.15) is 24.1 Å². The van der Waals surface area contributed by atoms with Crippen LogP contribution in [0, 0.1) is 6.92 Å². The van der Waals surface area contributed by atoms with Crippen LogP contribution in [-0.4, -0.2) is 11.5 Å². The first-order valence-electron chi connectivity index (χ1n) is 4.41. The van der Waals surface area contributed by atoms with E-state index in [2.05, 4.69) is 18.0 Å². The van der Waals surface area contributed by atoms with Gasteiger partial charge in [0.2, 0.25) is 0 Å². The van der Waals surface area contributed by atoms with Crippen LogP contribution < -0.4 is 5.73 Å². The van der Waals surface area contributed by atoms with Crippen molar-refractivity contribution in [2.24, 2.45) is 5.73 Å². The maximum atomic E-state index is 5.74. The Labute approximate surface area is 72.8 Å². The third kappa shape index (κ3) is 1.03. The number of hydrogen-bond acceptors (Lipinski definition) is 2. The van der Waals surface area contributed by atoms with Crippen LogP contribution in [0.15, 0.2) is 18.3 Å². The van der Waals surface area contributed by atoms with Gasteiger partial charge in [0.25, 0.3) is 0 Å². The molecule has 0 amide bonds. The summed E-state index contributed by atoms with van der Waals surface area (Å²) in [6.45, 7) is 2.82. The van der Waals surface area contributed by atoms with E-state index < -0.39 is 0 Å². The largest absolute Gasteiger partial charge is 0.330 e. The molecule has 1 aliphatic rings. The second-order valence-corrected chi connectivity index (χ2v) is 3.62. The number of rotatable bonds is 2. The third-order valence-corrected chi connectivity index (χ3v) is 2.82. The molecule has 0 aromatic carbocycles. The van der Waals surface area contributed by atoms with Crippen molar-refractivity contribution in [3.05, 3.63) is 29.6 Å². The van der Waals surface area contributed by atoms with Crippen molar-refractivity contribution in [3.63, 3.8) is 0 Å². The minimum atomic E-state index is 0.290. The molecule has 2 rings (SSSR count). The Morgan fingerprint density at radius 1 is 1.58 bits per heavy atom. The molecule has 1 heterocycles. The molecule has 1 saturated carbocycles. The summed E-state index contributed by atoms with van der Waals surface area (Å²) >= 11 is 0. The first-order valence-corrected chi connectivity index (χ1v) is 4.41. The summed E-state index contributed by atoms with van der Waals surface area (Å²) in [6.07, 6.45) is 4.30. The number of pyridine rings is 1. The molecule has 1 aromatic heterocycles. The van der Waals surface area contributed by atoms with E-state index in [-0.39, 0.29) is 0 Å². The number of nitrogens with zero attached hydrogens (tertiary/aromatic N) is 1. The number of hydrogen-bond donors (Lipinski definition) is 1. The van der Waals surface area contributed by atoms with Crippen LogP contribution in [0.3, 0.4) is 0 Å². The zero-order chi connectivity index (χ0) is 8.60. The predicted octanol–water partition coefficient (Wildman–Crippen LogP) is 1.38. The van der Waals surface area contributed by atoms with Gasteiger partial charge in [-0.05, 0) is 31.4 Å². The average Bonchev–Trinajstić information content (AvgIpc) is 2.86. The van der Waals surface area contributed by atoms with Gasteiger partial charge in [0.15, 0.2) is 0 Å². The van der Waals surface area contributed by atoms with Gasteiger partial charge in [0, 0.05) is 23.9 Å². The lowest BCUT2D eigenvalue weighted by molar-refractivity contribution is 0.693. The Morgan fingerprint density at radius 2 is 2.33 bits per heavy atom. The van der Waals surface area contributed by atoms with Crippen LogP contribution in [0.4, 0.5) is 0 Å². The van der Waals surface area contributed by atoms with Crippen molar-refractivity contribution in [2.75, 3.05) is 6.54 Å². The van der Waals surface area contributed by atoms with E-state index in [0.29, 0.717) is 5.41 Å². The normalized spacial score (nSPS) is 19.2. The summed E-state index contributed by atoms with van der Waals surface area (Å²) in [5.41, 5.74) is 8.53. The lowest BCUT2D eigenvalue weighted by Gasteiger charge is -2.14. The molecule has 0 unspecified atom stereocenters. The highest BCUT2D eigenvalue weighted by atomic mass is 14.7. The number of nitrogens with two attached hydrogens (primary N) is 1. The van der Waals surface area contributed by atoms with Crippen molar-refractivity contribution in [2.45, 2.75) is 25.2 Å². The van der Waals surface area contributed by atoms with E-state index in [1.807, 2.05) is 12.3 Å². The van der Waals surface area contributed by atoms with Crippen LogP contribution in [0.25, 0.3) is 0 Å². The number of aryl methyl sites for hydroxylation is 1. The van der Waals surface area contributed by atoms with Crippen LogP contribution >= 0.6 is 0 Å². The molecular weight excluding hydrogens is 148 g/mol. The minimum Gasteiger partial charge on any atom is -0.330 e. The van der Waals surface area contributed by atoms with Gasteiger partial charge in [-0.2, -0.15) is 0 Å².